The van der Waals surface area contributed by atoms with Crippen LogP contribution in [0.15, 0.2) is 82.7 Å². The average molecular weight is 510 g/mol. The van der Waals surface area contributed by atoms with Crippen LogP contribution in [-0.2, 0) is 17.8 Å². The van der Waals surface area contributed by atoms with E-state index in [1.54, 1.807) is 33.7 Å². The molecular formula is C31H31N3O4. The van der Waals surface area contributed by atoms with Crippen molar-refractivity contribution in [3.8, 4) is 5.75 Å². The SMILES string of the molecule is CCCCc1nc2ccc(C)cc2c(=O)n1CC1=CC2=CCN(C(=O)c3ccccc3OC(C)=O)C2C=C1. The molecule has 1 aliphatic carbocycles. The number of unbranched alkanes of at least 4 members (excludes halogenated alkanes) is 1. The highest BCUT2D eigenvalue weighted by molar-refractivity contribution is 5.98. The molecule has 5 rings (SSSR count). The van der Waals surface area contributed by atoms with E-state index >= 15 is 0 Å². The number of allylic oxidation sites excluding steroid dienone is 2. The predicted octanol–water partition coefficient (Wildman–Crippen LogP) is 4.92. The monoisotopic (exact) mass is 509 g/mol. The molecule has 0 N–H and O–H groups in total. The molecule has 0 radical (unpaired) electrons. The highest BCUT2D eigenvalue weighted by Crippen LogP contribution is 2.30. The molecule has 2 heterocycles. The van der Waals surface area contributed by atoms with Gasteiger partial charge < -0.3 is 9.64 Å². The lowest BCUT2D eigenvalue weighted by atomic mass is 9.97. The van der Waals surface area contributed by atoms with Gasteiger partial charge in [0.15, 0.2) is 0 Å². The smallest absolute Gasteiger partial charge is 0.308 e. The zero-order valence-electron chi connectivity index (χ0n) is 21.9. The van der Waals surface area contributed by atoms with Gasteiger partial charge in [-0.15, -0.1) is 0 Å². The van der Waals surface area contributed by atoms with Crippen molar-refractivity contribution in [3.63, 3.8) is 0 Å². The lowest BCUT2D eigenvalue weighted by molar-refractivity contribution is -0.131. The van der Waals surface area contributed by atoms with Crippen molar-refractivity contribution in [2.75, 3.05) is 6.54 Å². The molecule has 0 saturated heterocycles. The van der Waals surface area contributed by atoms with Crippen molar-refractivity contribution >= 4 is 22.8 Å². The van der Waals surface area contributed by atoms with Crippen LogP contribution < -0.4 is 10.3 Å². The third-order valence-corrected chi connectivity index (χ3v) is 6.96. The minimum absolute atomic E-state index is 0.0273. The molecular weight excluding hydrogens is 478 g/mol. The Balaban J connectivity index is 1.41. The maximum atomic E-state index is 13.5. The van der Waals surface area contributed by atoms with Crippen LogP contribution in [0.4, 0.5) is 0 Å². The van der Waals surface area contributed by atoms with Crippen LogP contribution in [0.2, 0.25) is 0 Å². The Morgan fingerprint density at radius 1 is 1.16 bits per heavy atom. The Morgan fingerprint density at radius 3 is 2.76 bits per heavy atom. The number of ether oxygens (including phenoxy) is 1. The number of benzene rings is 2. The van der Waals surface area contributed by atoms with E-state index in [0.29, 0.717) is 24.0 Å². The number of hydrogen-bond acceptors (Lipinski definition) is 5. The van der Waals surface area contributed by atoms with Crippen molar-refractivity contribution in [2.24, 2.45) is 0 Å². The third-order valence-electron chi connectivity index (χ3n) is 6.96. The Hall–Kier alpha value is -4.26. The fourth-order valence-corrected chi connectivity index (χ4v) is 5.06. The zero-order chi connectivity index (χ0) is 26.8. The van der Waals surface area contributed by atoms with Crippen LogP contribution in [0.3, 0.4) is 0 Å². The molecule has 3 aromatic rings. The van der Waals surface area contributed by atoms with Gasteiger partial charge in [-0.3, -0.25) is 19.0 Å². The van der Waals surface area contributed by atoms with Crippen LogP contribution in [0.25, 0.3) is 10.9 Å². The van der Waals surface area contributed by atoms with Crippen LogP contribution in [0.5, 0.6) is 5.75 Å². The number of esters is 1. The van der Waals surface area contributed by atoms with E-state index in [4.69, 9.17) is 9.72 Å². The largest absolute Gasteiger partial charge is 0.426 e. The van der Waals surface area contributed by atoms with Crippen LogP contribution >= 0.6 is 0 Å². The summed E-state index contributed by atoms with van der Waals surface area (Å²) in [7, 11) is 0. The van der Waals surface area contributed by atoms with Gasteiger partial charge in [-0.1, -0.05) is 61.4 Å². The average Bonchev–Trinajstić information content (AvgIpc) is 3.32. The number of rotatable bonds is 7. The number of amides is 1. The lowest BCUT2D eigenvalue weighted by Crippen LogP contribution is -2.37. The van der Waals surface area contributed by atoms with Gasteiger partial charge in [-0.25, -0.2) is 4.98 Å². The summed E-state index contributed by atoms with van der Waals surface area (Å²) in [6.45, 7) is 6.28. The van der Waals surface area contributed by atoms with Gasteiger partial charge in [0.25, 0.3) is 11.5 Å². The summed E-state index contributed by atoms with van der Waals surface area (Å²) in [6, 6.07) is 12.4. The van der Waals surface area contributed by atoms with Gasteiger partial charge in [-0.05, 0) is 48.8 Å². The number of para-hydroxylation sites is 1. The van der Waals surface area contributed by atoms with E-state index in [2.05, 4.69) is 13.0 Å². The summed E-state index contributed by atoms with van der Waals surface area (Å²) < 4.78 is 7.06. The van der Waals surface area contributed by atoms with Crippen LogP contribution in [-0.4, -0.2) is 38.9 Å². The van der Waals surface area contributed by atoms with Gasteiger partial charge >= 0.3 is 5.97 Å². The van der Waals surface area contributed by atoms with E-state index in [1.165, 1.54) is 6.92 Å². The van der Waals surface area contributed by atoms with Gasteiger partial charge in [0.05, 0.1) is 29.1 Å². The summed E-state index contributed by atoms with van der Waals surface area (Å²) in [5, 5.41) is 0.631. The first-order chi connectivity index (χ1) is 18.4. The van der Waals surface area contributed by atoms with Gasteiger partial charge in [0.1, 0.15) is 11.6 Å². The molecule has 1 aliphatic heterocycles. The number of carbonyl (C=O) groups is 2. The van der Waals surface area contributed by atoms with E-state index in [1.807, 2.05) is 43.4 Å². The number of aromatic nitrogens is 2. The topological polar surface area (TPSA) is 81.5 Å². The molecule has 194 valence electrons. The minimum atomic E-state index is -0.470. The van der Waals surface area contributed by atoms with Crippen LogP contribution in [0, 0.1) is 6.92 Å². The molecule has 1 unspecified atom stereocenters. The number of hydrogen-bond donors (Lipinski definition) is 0. The number of nitrogens with zero attached hydrogens (tertiary/aromatic N) is 3. The number of fused-ring (bicyclic) bond motifs is 2. The minimum Gasteiger partial charge on any atom is -0.426 e. The zero-order valence-corrected chi connectivity index (χ0v) is 21.9. The fraction of sp³-hybridized carbons (Fsp3) is 0.290. The van der Waals surface area contributed by atoms with Crippen molar-refractivity contribution in [1.29, 1.82) is 0 Å². The number of carbonyl (C=O) groups excluding carboxylic acids is 2. The second-order valence-electron chi connectivity index (χ2n) is 9.82. The van der Waals surface area contributed by atoms with Gasteiger partial charge in [0, 0.05) is 19.9 Å². The second kappa shape index (κ2) is 10.6. The normalized spacial score (nSPS) is 16.3. The molecule has 0 fully saturated rings. The van der Waals surface area contributed by atoms with Crippen LogP contribution in [0.1, 0.15) is 48.4 Å². The van der Waals surface area contributed by atoms with E-state index in [9.17, 15) is 14.4 Å². The summed E-state index contributed by atoms with van der Waals surface area (Å²) >= 11 is 0. The first-order valence-corrected chi connectivity index (χ1v) is 13.0. The second-order valence-corrected chi connectivity index (χ2v) is 9.82. The molecule has 2 aromatic carbocycles. The molecule has 7 heteroatoms. The molecule has 38 heavy (non-hydrogen) atoms. The summed E-state index contributed by atoms with van der Waals surface area (Å²) in [6.07, 6.45) is 10.8. The highest BCUT2D eigenvalue weighted by Gasteiger charge is 2.32. The molecule has 0 saturated carbocycles. The predicted molar refractivity (Wildman–Crippen MR) is 147 cm³/mol. The van der Waals surface area contributed by atoms with Crippen molar-refractivity contribution in [2.45, 2.75) is 52.6 Å². The first kappa shape index (κ1) is 25.4. The van der Waals surface area contributed by atoms with Crippen molar-refractivity contribution < 1.29 is 14.3 Å². The van der Waals surface area contributed by atoms with Gasteiger partial charge in [0.2, 0.25) is 0 Å². The Bertz CT molecular complexity index is 1580. The number of aryl methyl sites for hydroxylation is 2. The van der Waals surface area contributed by atoms with E-state index in [-0.39, 0.29) is 23.3 Å². The Kier molecular flexibility index (Phi) is 7.09. The van der Waals surface area contributed by atoms with E-state index in [0.717, 1.165) is 47.3 Å². The maximum Gasteiger partial charge on any atom is 0.308 e. The molecule has 0 bridgehead atoms. The molecule has 0 spiro atoms. The quantitative estimate of drug-likeness (QED) is 0.334. The standard InChI is InChI=1S/C31H31N3O4/c1-4-5-10-29-32-26-13-11-20(2)17-25(26)31(37)34(29)19-22-12-14-27-23(18-22)15-16-33(27)30(36)24-8-6-7-9-28(24)38-21(3)35/h6-9,11-15,17-18,27H,4-5,10,16,19H2,1-3H3. The summed E-state index contributed by atoms with van der Waals surface area (Å²) in [4.78, 5) is 45.1. The summed E-state index contributed by atoms with van der Waals surface area (Å²) in [5.74, 6) is 0.380. The van der Waals surface area contributed by atoms with Crippen molar-refractivity contribution in [1.82, 2.24) is 14.5 Å². The first-order valence-electron chi connectivity index (χ1n) is 13.0. The third kappa shape index (κ3) is 4.96. The Labute approximate surface area is 221 Å². The summed E-state index contributed by atoms with van der Waals surface area (Å²) in [5.41, 5.74) is 4.08. The van der Waals surface area contributed by atoms with Crippen molar-refractivity contribution in [3.05, 3.63) is 105 Å². The van der Waals surface area contributed by atoms with Gasteiger partial charge in [-0.2, -0.15) is 0 Å². The molecule has 1 amide bonds. The molecule has 1 aromatic heterocycles. The lowest BCUT2D eigenvalue weighted by Gasteiger charge is -2.27. The molecule has 2 aliphatic rings. The molecule has 1 atom stereocenters. The van der Waals surface area contributed by atoms with E-state index < -0.39 is 5.97 Å². The Morgan fingerprint density at radius 2 is 1.97 bits per heavy atom. The fourth-order valence-electron chi connectivity index (χ4n) is 5.06. The maximum absolute atomic E-state index is 13.5. The molecule has 7 nitrogen and oxygen atoms in total. The highest BCUT2D eigenvalue weighted by atomic mass is 16.5.